The van der Waals surface area contributed by atoms with Gasteiger partial charge in [0.2, 0.25) is 0 Å². The van der Waals surface area contributed by atoms with E-state index in [1.165, 1.54) is 10.4 Å². The zero-order valence-corrected chi connectivity index (χ0v) is 13.3. The van der Waals surface area contributed by atoms with Gasteiger partial charge in [0.05, 0.1) is 10.6 Å². The Hall–Kier alpha value is -1.65. The lowest BCUT2D eigenvalue weighted by Gasteiger charge is -2.01. The number of aryl methyl sites for hydroxylation is 1. The Kier molecular flexibility index (Phi) is 3.85. The molecule has 20 heavy (non-hydrogen) atoms. The maximum absolute atomic E-state index is 4.61. The van der Waals surface area contributed by atoms with E-state index >= 15 is 0 Å². The molecule has 0 aliphatic carbocycles. The Morgan fingerprint density at radius 2 is 1.70 bits per heavy atom. The first-order valence-electron chi connectivity index (χ1n) is 6.28. The number of halogens is 1. The van der Waals surface area contributed by atoms with Crippen molar-refractivity contribution in [3.8, 4) is 10.4 Å². The van der Waals surface area contributed by atoms with Crippen molar-refractivity contribution in [1.29, 1.82) is 0 Å². The maximum Gasteiger partial charge on any atom is 0.187 e. The van der Waals surface area contributed by atoms with Crippen molar-refractivity contribution in [2.24, 2.45) is 0 Å². The molecule has 0 fully saturated rings. The number of nitrogens with zero attached hydrogens (tertiary/aromatic N) is 1. The SMILES string of the molecule is Cc1nc(Nc2ccccc2)sc1-c1ccccc1Br. The van der Waals surface area contributed by atoms with Gasteiger partial charge in [0.1, 0.15) is 0 Å². The first-order chi connectivity index (χ1) is 9.74. The second kappa shape index (κ2) is 5.77. The Labute approximate surface area is 130 Å². The van der Waals surface area contributed by atoms with Crippen LogP contribution in [0.1, 0.15) is 5.69 Å². The van der Waals surface area contributed by atoms with Crippen LogP contribution in [0.5, 0.6) is 0 Å². The Morgan fingerprint density at radius 3 is 2.45 bits per heavy atom. The first kappa shape index (κ1) is 13.3. The Bertz CT molecular complexity index is 722. The predicted molar refractivity (Wildman–Crippen MR) is 89.7 cm³/mol. The summed E-state index contributed by atoms with van der Waals surface area (Å²) in [6.07, 6.45) is 0. The van der Waals surface area contributed by atoms with Gasteiger partial charge in [-0.2, -0.15) is 0 Å². The number of aromatic nitrogens is 1. The standard InChI is InChI=1S/C16H13BrN2S/c1-11-15(13-9-5-6-10-14(13)17)20-16(18-11)19-12-7-3-2-4-8-12/h2-10H,1H3,(H,18,19). The van der Waals surface area contributed by atoms with Crippen molar-refractivity contribution in [2.75, 3.05) is 5.32 Å². The van der Waals surface area contributed by atoms with Gasteiger partial charge >= 0.3 is 0 Å². The number of anilines is 2. The minimum absolute atomic E-state index is 0.916. The third-order valence-corrected chi connectivity index (χ3v) is 4.74. The summed E-state index contributed by atoms with van der Waals surface area (Å²) in [5.74, 6) is 0. The molecule has 0 saturated carbocycles. The van der Waals surface area contributed by atoms with Gasteiger partial charge in [-0.15, -0.1) is 0 Å². The fraction of sp³-hybridized carbons (Fsp3) is 0.0625. The minimum Gasteiger partial charge on any atom is -0.332 e. The van der Waals surface area contributed by atoms with E-state index in [0.29, 0.717) is 0 Å². The van der Waals surface area contributed by atoms with Crippen molar-refractivity contribution in [1.82, 2.24) is 4.98 Å². The van der Waals surface area contributed by atoms with Crippen LogP contribution in [0.2, 0.25) is 0 Å². The molecule has 2 aromatic carbocycles. The summed E-state index contributed by atoms with van der Waals surface area (Å²) in [6, 6.07) is 18.3. The number of benzene rings is 2. The Morgan fingerprint density at radius 1 is 1.00 bits per heavy atom. The van der Waals surface area contributed by atoms with Crippen LogP contribution >= 0.6 is 27.3 Å². The van der Waals surface area contributed by atoms with Gasteiger partial charge in [-0.05, 0) is 25.1 Å². The molecule has 0 aliphatic heterocycles. The quantitative estimate of drug-likeness (QED) is 0.666. The normalized spacial score (nSPS) is 10.5. The number of nitrogens with one attached hydrogen (secondary N) is 1. The maximum atomic E-state index is 4.61. The largest absolute Gasteiger partial charge is 0.332 e. The van der Waals surface area contributed by atoms with E-state index in [4.69, 9.17) is 0 Å². The zero-order chi connectivity index (χ0) is 13.9. The van der Waals surface area contributed by atoms with E-state index in [9.17, 15) is 0 Å². The van der Waals surface area contributed by atoms with Crippen LogP contribution in [0, 0.1) is 6.92 Å². The molecule has 100 valence electrons. The van der Waals surface area contributed by atoms with Crippen LogP contribution in [-0.2, 0) is 0 Å². The predicted octanol–water partition coefficient (Wildman–Crippen LogP) is 5.62. The van der Waals surface area contributed by atoms with Crippen LogP contribution in [0.15, 0.2) is 59.1 Å². The molecule has 0 saturated heterocycles. The van der Waals surface area contributed by atoms with Crippen LogP contribution < -0.4 is 5.32 Å². The van der Waals surface area contributed by atoms with E-state index in [0.717, 1.165) is 21.0 Å². The molecule has 0 bridgehead atoms. The summed E-state index contributed by atoms with van der Waals surface area (Å²) in [5, 5.41) is 4.26. The van der Waals surface area contributed by atoms with E-state index in [1.807, 2.05) is 49.4 Å². The van der Waals surface area contributed by atoms with E-state index in [1.54, 1.807) is 11.3 Å². The smallest absolute Gasteiger partial charge is 0.187 e. The van der Waals surface area contributed by atoms with Gasteiger partial charge in [0, 0.05) is 15.7 Å². The summed E-state index contributed by atoms with van der Waals surface area (Å²) >= 11 is 5.27. The van der Waals surface area contributed by atoms with Crippen LogP contribution in [-0.4, -0.2) is 4.98 Å². The van der Waals surface area contributed by atoms with E-state index in [-0.39, 0.29) is 0 Å². The van der Waals surface area contributed by atoms with Gasteiger partial charge < -0.3 is 5.32 Å². The lowest BCUT2D eigenvalue weighted by atomic mass is 10.2. The third kappa shape index (κ3) is 2.76. The number of hydrogen-bond donors (Lipinski definition) is 1. The molecule has 1 heterocycles. The minimum atomic E-state index is 0.916. The highest BCUT2D eigenvalue weighted by Gasteiger charge is 2.12. The molecular weight excluding hydrogens is 332 g/mol. The zero-order valence-electron chi connectivity index (χ0n) is 10.9. The average Bonchev–Trinajstić information content (AvgIpc) is 2.81. The highest BCUT2D eigenvalue weighted by molar-refractivity contribution is 9.10. The fourth-order valence-corrected chi connectivity index (χ4v) is 3.63. The number of thiazole rings is 1. The summed E-state index contributed by atoms with van der Waals surface area (Å²) in [4.78, 5) is 5.80. The monoisotopic (exact) mass is 344 g/mol. The summed E-state index contributed by atoms with van der Waals surface area (Å²) in [7, 11) is 0. The second-order valence-corrected chi connectivity index (χ2v) is 6.26. The molecule has 0 unspecified atom stereocenters. The van der Waals surface area contributed by atoms with Gasteiger partial charge in [-0.1, -0.05) is 63.7 Å². The van der Waals surface area contributed by atoms with Gasteiger partial charge in [-0.25, -0.2) is 4.98 Å². The molecule has 0 spiro atoms. The molecular formula is C16H13BrN2S. The van der Waals surface area contributed by atoms with Crippen LogP contribution in [0.25, 0.3) is 10.4 Å². The number of rotatable bonds is 3. The molecule has 1 aromatic heterocycles. The van der Waals surface area contributed by atoms with Crippen molar-refractivity contribution in [2.45, 2.75) is 6.92 Å². The highest BCUT2D eigenvalue weighted by Crippen LogP contribution is 2.37. The highest BCUT2D eigenvalue weighted by atomic mass is 79.9. The summed E-state index contributed by atoms with van der Waals surface area (Å²) in [6.45, 7) is 2.04. The Balaban J connectivity index is 1.94. The topological polar surface area (TPSA) is 24.9 Å². The van der Waals surface area contributed by atoms with Gasteiger partial charge in [0.25, 0.3) is 0 Å². The third-order valence-electron chi connectivity index (χ3n) is 2.94. The molecule has 0 amide bonds. The van der Waals surface area contributed by atoms with Crippen LogP contribution in [0.3, 0.4) is 0 Å². The lowest BCUT2D eigenvalue weighted by Crippen LogP contribution is -1.88. The van der Waals surface area contributed by atoms with E-state index < -0.39 is 0 Å². The van der Waals surface area contributed by atoms with Crippen molar-refractivity contribution in [3.05, 3.63) is 64.8 Å². The first-order valence-corrected chi connectivity index (χ1v) is 7.89. The van der Waals surface area contributed by atoms with Crippen molar-refractivity contribution >= 4 is 38.1 Å². The molecule has 3 rings (SSSR count). The van der Waals surface area contributed by atoms with E-state index in [2.05, 4.69) is 38.4 Å². The molecule has 4 heteroatoms. The molecule has 3 aromatic rings. The van der Waals surface area contributed by atoms with Gasteiger partial charge in [0.15, 0.2) is 5.13 Å². The van der Waals surface area contributed by atoms with Crippen molar-refractivity contribution in [3.63, 3.8) is 0 Å². The molecule has 0 radical (unpaired) electrons. The number of hydrogen-bond acceptors (Lipinski definition) is 3. The molecule has 0 atom stereocenters. The molecule has 2 nitrogen and oxygen atoms in total. The van der Waals surface area contributed by atoms with Gasteiger partial charge in [-0.3, -0.25) is 0 Å². The lowest BCUT2D eigenvalue weighted by molar-refractivity contribution is 1.26. The number of para-hydroxylation sites is 1. The molecule has 0 aliphatic rings. The van der Waals surface area contributed by atoms with Crippen LogP contribution in [0.4, 0.5) is 10.8 Å². The molecule has 1 N–H and O–H groups in total. The second-order valence-electron chi connectivity index (χ2n) is 4.40. The summed E-state index contributed by atoms with van der Waals surface area (Å²) < 4.78 is 1.10. The van der Waals surface area contributed by atoms with Crippen molar-refractivity contribution < 1.29 is 0 Å². The fourth-order valence-electron chi connectivity index (χ4n) is 1.99. The summed E-state index contributed by atoms with van der Waals surface area (Å²) in [5.41, 5.74) is 3.28. The average molecular weight is 345 g/mol.